The molecule has 2 fully saturated rings. The summed E-state index contributed by atoms with van der Waals surface area (Å²) >= 11 is 0. The van der Waals surface area contributed by atoms with Gasteiger partial charge in [0.15, 0.2) is 5.96 Å². The maximum Gasteiger partial charge on any atom is 0.191 e. The first-order valence-corrected chi connectivity index (χ1v) is 9.49. The molecule has 2 N–H and O–H groups in total. The van der Waals surface area contributed by atoms with E-state index in [1.165, 1.54) is 38.5 Å². The number of nitrogens with zero attached hydrogens (tertiary/aromatic N) is 1. The molecule has 1 aliphatic heterocycles. The minimum atomic E-state index is -0.0841. The Balaban J connectivity index is 1.67. The summed E-state index contributed by atoms with van der Waals surface area (Å²) in [5.41, 5.74) is -0.0841. The fourth-order valence-electron chi connectivity index (χ4n) is 3.35. The molecule has 1 saturated carbocycles. The molecule has 1 heterocycles. The standard InChI is InChI=1S/C18H35N3O2/c1-3-19-17(21-15-18(2)11-8-13-23-18)20-12-14-22-16-9-6-4-5-7-10-16/h16H,3-15H2,1-2H3,(H2,19,20,21). The summed E-state index contributed by atoms with van der Waals surface area (Å²) in [5, 5.41) is 6.68. The molecule has 5 nitrogen and oxygen atoms in total. The van der Waals surface area contributed by atoms with Gasteiger partial charge in [-0.2, -0.15) is 0 Å². The lowest BCUT2D eigenvalue weighted by Gasteiger charge is -2.21. The van der Waals surface area contributed by atoms with Crippen molar-refractivity contribution in [2.24, 2.45) is 4.99 Å². The van der Waals surface area contributed by atoms with E-state index in [9.17, 15) is 0 Å². The van der Waals surface area contributed by atoms with Crippen LogP contribution in [0.1, 0.15) is 65.2 Å². The van der Waals surface area contributed by atoms with Crippen LogP contribution in [0.15, 0.2) is 4.99 Å². The van der Waals surface area contributed by atoms with Crippen LogP contribution in [0.25, 0.3) is 0 Å². The molecule has 2 rings (SSSR count). The molecule has 134 valence electrons. The molecule has 1 aliphatic carbocycles. The van der Waals surface area contributed by atoms with Crippen molar-refractivity contribution in [1.82, 2.24) is 10.6 Å². The van der Waals surface area contributed by atoms with Crippen molar-refractivity contribution < 1.29 is 9.47 Å². The van der Waals surface area contributed by atoms with Crippen LogP contribution in [0.2, 0.25) is 0 Å². The second kappa shape index (κ2) is 10.1. The predicted molar refractivity (Wildman–Crippen MR) is 95.0 cm³/mol. The molecule has 0 bridgehead atoms. The Morgan fingerprint density at radius 3 is 2.61 bits per heavy atom. The molecule has 0 aromatic rings. The molecule has 5 heteroatoms. The van der Waals surface area contributed by atoms with Crippen molar-refractivity contribution >= 4 is 5.96 Å². The third-order valence-electron chi connectivity index (χ3n) is 4.77. The normalized spacial score (nSPS) is 27.0. The average Bonchev–Trinajstić information content (AvgIpc) is 2.82. The van der Waals surface area contributed by atoms with E-state index in [1.807, 2.05) is 0 Å². The molecule has 23 heavy (non-hydrogen) atoms. The van der Waals surface area contributed by atoms with Crippen LogP contribution < -0.4 is 10.6 Å². The lowest BCUT2D eigenvalue weighted by Crippen LogP contribution is -2.40. The van der Waals surface area contributed by atoms with Gasteiger partial charge in [0.05, 0.1) is 24.9 Å². The maximum absolute atomic E-state index is 6.02. The SMILES string of the molecule is CCNC(=NCC1(C)CCCO1)NCCOC1CCCCCC1. The molecule has 0 amide bonds. The molecule has 1 atom stereocenters. The van der Waals surface area contributed by atoms with Gasteiger partial charge in [0.25, 0.3) is 0 Å². The molecule has 0 aromatic carbocycles. The van der Waals surface area contributed by atoms with E-state index in [-0.39, 0.29) is 5.60 Å². The van der Waals surface area contributed by atoms with Crippen molar-refractivity contribution in [3.63, 3.8) is 0 Å². The molecular formula is C18H35N3O2. The van der Waals surface area contributed by atoms with Crippen LogP contribution in [0.5, 0.6) is 0 Å². The molecular weight excluding hydrogens is 290 g/mol. The Morgan fingerprint density at radius 2 is 1.96 bits per heavy atom. The number of hydrogen-bond acceptors (Lipinski definition) is 3. The molecule has 1 unspecified atom stereocenters. The van der Waals surface area contributed by atoms with Gasteiger partial charge in [-0.1, -0.05) is 25.7 Å². The highest BCUT2D eigenvalue weighted by Gasteiger charge is 2.29. The number of aliphatic imine (C=N–C) groups is 1. The summed E-state index contributed by atoms with van der Waals surface area (Å²) in [5.74, 6) is 0.869. The number of hydrogen-bond donors (Lipinski definition) is 2. The number of ether oxygens (including phenoxy) is 2. The van der Waals surface area contributed by atoms with E-state index in [2.05, 4.69) is 29.5 Å². The quantitative estimate of drug-likeness (QED) is 0.327. The van der Waals surface area contributed by atoms with Gasteiger partial charge in [-0.15, -0.1) is 0 Å². The topological polar surface area (TPSA) is 54.9 Å². The van der Waals surface area contributed by atoms with E-state index < -0.39 is 0 Å². The summed E-state index contributed by atoms with van der Waals surface area (Å²) in [4.78, 5) is 4.68. The first kappa shape index (κ1) is 18.5. The Bertz CT molecular complexity index is 346. The molecule has 1 saturated heterocycles. The van der Waals surface area contributed by atoms with Crippen LogP contribution in [-0.2, 0) is 9.47 Å². The van der Waals surface area contributed by atoms with Crippen LogP contribution in [0.4, 0.5) is 0 Å². The van der Waals surface area contributed by atoms with E-state index >= 15 is 0 Å². The van der Waals surface area contributed by atoms with Gasteiger partial charge in [0.1, 0.15) is 0 Å². The summed E-state index contributed by atoms with van der Waals surface area (Å²) in [6, 6.07) is 0. The Kier molecular flexibility index (Phi) is 8.17. The minimum absolute atomic E-state index is 0.0841. The van der Waals surface area contributed by atoms with Crippen LogP contribution in [0, 0.1) is 0 Å². The van der Waals surface area contributed by atoms with Crippen molar-refractivity contribution in [3.8, 4) is 0 Å². The smallest absolute Gasteiger partial charge is 0.191 e. The zero-order valence-corrected chi connectivity index (χ0v) is 15.0. The van der Waals surface area contributed by atoms with E-state index in [1.54, 1.807) is 0 Å². The minimum Gasteiger partial charge on any atom is -0.376 e. The Hall–Kier alpha value is -0.810. The maximum atomic E-state index is 6.02. The largest absolute Gasteiger partial charge is 0.376 e. The predicted octanol–water partition coefficient (Wildman–Crippen LogP) is 2.85. The van der Waals surface area contributed by atoms with E-state index in [0.29, 0.717) is 12.6 Å². The van der Waals surface area contributed by atoms with Crippen molar-refractivity contribution in [3.05, 3.63) is 0 Å². The lowest BCUT2D eigenvalue weighted by molar-refractivity contribution is 0.0283. The van der Waals surface area contributed by atoms with Gasteiger partial charge >= 0.3 is 0 Å². The lowest BCUT2D eigenvalue weighted by atomic mass is 10.0. The zero-order chi connectivity index (χ0) is 16.4. The van der Waals surface area contributed by atoms with Crippen molar-refractivity contribution in [2.45, 2.75) is 76.9 Å². The van der Waals surface area contributed by atoms with Gasteiger partial charge in [0.2, 0.25) is 0 Å². The van der Waals surface area contributed by atoms with Gasteiger partial charge in [-0.05, 0) is 39.5 Å². The summed E-state index contributed by atoms with van der Waals surface area (Å²) < 4.78 is 11.8. The number of nitrogens with one attached hydrogen (secondary N) is 2. The average molecular weight is 325 g/mol. The number of rotatable bonds is 7. The third kappa shape index (κ3) is 7.08. The highest BCUT2D eigenvalue weighted by atomic mass is 16.5. The number of guanidine groups is 1. The fourth-order valence-corrected chi connectivity index (χ4v) is 3.35. The van der Waals surface area contributed by atoms with Gasteiger partial charge < -0.3 is 20.1 Å². The van der Waals surface area contributed by atoms with Gasteiger partial charge in [0, 0.05) is 19.7 Å². The second-order valence-corrected chi connectivity index (χ2v) is 7.01. The summed E-state index contributed by atoms with van der Waals surface area (Å²) in [6.07, 6.45) is 10.5. The van der Waals surface area contributed by atoms with Crippen LogP contribution in [0.3, 0.4) is 0 Å². The Morgan fingerprint density at radius 1 is 1.17 bits per heavy atom. The van der Waals surface area contributed by atoms with Crippen molar-refractivity contribution in [1.29, 1.82) is 0 Å². The highest BCUT2D eigenvalue weighted by Crippen LogP contribution is 2.25. The Labute approximate surface area is 141 Å². The van der Waals surface area contributed by atoms with Crippen LogP contribution >= 0.6 is 0 Å². The first-order valence-electron chi connectivity index (χ1n) is 9.49. The fraction of sp³-hybridized carbons (Fsp3) is 0.944. The molecule has 0 aromatic heterocycles. The molecule has 2 aliphatic rings. The molecule has 0 radical (unpaired) electrons. The van der Waals surface area contributed by atoms with Crippen molar-refractivity contribution in [2.75, 3.05) is 32.8 Å². The summed E-state index contributed by atoms with van der Waals surface area (Å²) in [7, 11) is 0. The third-order valence-corrected chi connectivity index (χ3v) is 4.77. The second-order valence-electron chi connectivity index (χ2n) is 7.01. The summed E-state index contributed by atoms with van der Waals surface area (Å²) in [6.45, 7) is 8.25. The van der Waals surface area contributed by atoms with Gasteiger partial charge in [-0.25, -0.2) is 0 Å². The highest BCUT2D eigenvalue weighted by molar-refractivity contribution is 5.79. The zero-order valence-electron chi connectivity index (χ0n) is 15.0. The first-order chi connectivity index (χ1) is 11.2. The van der Waals surface area contributed by atoms with Gasteiger partial charge in [-0.3, -0.25) is 4.99 Å². The van der Waals surface area contributed by atoms with E-state index in [0.717, 1.165) is 45.1 Å². The monoisotopic (exact) mass is 325 g/mol. The van der Waals surface area contributed by atoms with E-state index in [4.69, 9.17) is 9.47 Å². The van der Waals surface area contributed by atoms with Crippen LogP contribution in [-0.4, -0.2) is 50.5 Å². The molecule has 0 spiro atoms.